The van der Waals surface area contributed by atoms with Crippen molar-refractivity contribution in [3.05, 3.63) is 83.9 Å². The molecule has 0 aliphatic carbocycles. The topological polar surface area (TPSA) is 95.9 Å². The van der Waals surface area contributed by atoms with Crippen molar-refractivity contribution >= 4 is 28.6 Å². The molecule has 1 heterocycles. The van der Waals surface area contributed by atoms with Crippen LogP contribution in [0.15, 0.2) is 72.8 Å². The summed E-state index contributed by atoms with van der Waals surface area (Å²) in [4.78, 5) is 38.1. The summed E-state index contributed by atoms with van der Waals surface area (Å²) < 4.78 is 17.5. The molecule has 184 valence electrons. The highest BCUT2D eigenvalue weighted by atomic mass is 16.5. The zero-order chi connectivity index (χ0) is 25.7. The van der Waals surface area contributed by atoms with E-state index in [2.05, 4.69) is 5.32 Å². The van der Waals surface area contributed by atoms with Crippen LogP contribution in [0.5, 0.6) is 11.5 Å². The SMILES string of the molecule is COc1cc(OC)cc(C(=O)NCC(=O)OCC(=O)c2c(-c3ccccc3)n(C)c3ccccc23)c1. The maximum atomic E-state index is 13.3. The number of ketones is 1. The molecule has 0 fully saturated rings. The molecule has 8 heteroatoms. The number of methoxy groups -OCH3 is 2. The molecule has 8 nitrogen and oxygen atoms in total. The second-order valence-electron chi connectivity index (χ2n) is 8.03. The van der Waals surface area contributed by atoms with Gasteiger partial charge in [0.2, 0.25) is 5.78 Å². The normalized spacial score (nSPS) is 10.6. The van der Waals surface area contributed by atoms with Crippen molar-refractivity contribution in [3.63, 3.8) is 0 Å². The fraction of sp³-hybridized carbons (Fsp3) is 0.179. The number of amides is 1. The molecule has 0 bridgehead atoms. The molecular formula is C28H26N2O6. The zero-order valence-corrected chi connectivity index (χ0v) is 20.2. The third-order valence-electron chi connectivity index (χ3n) is 5.80. The number of fused-ring (bicyclic) bond motifs is 1. The zero-order valence-electron chi connectivity index (χ0n) is 20.2. The van der Waals surface area contributed by atoms with E-state index in [1.807, 2.05) is 66.2 Å². The molecule has 0 saturated heterocycles. The van der Waals surface area contributed by atoms with Crippen LogP contribution in [0.1, 0.15) is 20.7 Å². The summed E-state index contributed by atoms with van der Waals surface area (Å²) >= 11 is 0. The van der Waals surface area contributed by atoms with E-state index in [-0.39, 0.29) is 11.3 Å². The van der Waals surface area contributed by atoms with Crippen LogP contribution in [-0.4, -0.2) is 49.6 Å². The van der Waals surface area contributed by atoms with Gasteiger partial charge in [-0.25, -0.2) is 0 Å². The highest BCUT2D eigenvalue weighted by molar-refractivity contribution is 6.14. The van der Waals surface area contributed by atoms with Gasteiger partial charge in [-0.15, -0.1) is 0 Å². The minimum absolute atomic E-state index is 0.262. The van der Waals surface area contributed by atoms with Gasteiger partial charge in [0.25, 0.3) is 5.91 Å². The molecular weight excluding hydrogens is 460 g/mol. The number of hydrogen-bond acceptors (Lipinski definition) is 6. The summed E-state index contributed by atoms with van der Waals surface area (Å²) in [7, 11) is 4.85. The number of ether oxygens (including phenoxy) is 3. The van der Waals surface area contributed by atoms with Crippen LogP contribution in [0.2, 0.25) is 0 Å². The van der Waals surface area contributed by atoms with Crippen molar-refractivity contribution < 1.29 is 28.6 Å². The molecule has 0 unspecified atom stereocenters. The fourth-order valence-electron chi connectivity index (χ4n) is 4.07. The lowest BCUT2D eigenvalue weighted by molar-refractivity contribution is -0.141. The number of esters is 1. The van der Waals surface area contributed by atoms with E-state index in [0.717, 1.165) is 22.2 Å². The Morgan fingerprint density at radius 3 is 2.17 bits per heavy atom. The highest BCUT2D eigenvalue weighted by Crippen LogP contribution is 2.33. The van der Waals surface area contributed by atoms with E-state index in [1.165, 1.54) is 26.4 Å². The molecule has 1 N–H and O–H groups in total. The van der Waals surface area contributed by atoms with Crippen LogP contribution in [0.25, 0.3) is 22.2 Å². The molecule has 4 rings (SSSR count). The summed E-state index contributed by atoms with van der Waals surface area (Å²) in [6.07, 6.45) is 0. The van der Waals surface area contributed by atoms with Crippen molar-refractivity contribution in [1.82, 2.24) is 9.88 Å². The van der Waals surface area contributed by atoms with Crippen molar-refractivity contribution in [2.75, 3.05) is 27.4 Å². The number of aryl methyl sites for hydroxylation is 1. The quantitative estimate of drug-likeness (QED) is 0.284. The number of carbonyl (C=O) groups excluding carboxylic acids is 3. The Bertz CT molecular complexity index is 1400. The Balaban J connectivity index is 1.46. The first-order chi connectivity index (χ1) is 17.4. The third-order valence-corrected chi connectivity index (χ3v) is 5.80. The number of para-hydroxylation sites is 1. The van der Waals surface area contributed by atoms with Gasteiger partial charge in [0.1, 0.15) is 18.0 Å². The number of nitrogens with zero attached hydrogens (tertiary/aromatic N) is 1. The lowest BCUT2D eigenvalue weighted by Gasteiger charge is -2.10. The number of Topliss-reactive ketones (excluding diaryl/α,β-unsaturated/α-hetero) is 1. The van der Waals surface area contributed by atoms with Crippen molar-refractivity contribution in [2.45, 2.75) is 0 Å². The average molecular weight is 487 g/mol. The van der Waals surface area contributed by atoms with Crippen LogP contribution < -0.4 is 14.8 Å². The van der Waals surface area contributed by atoms with E-state index >= 15 is 0 Å². The summed E-state index contributed by atoms with van der Waals surface area (Å²) in [6.45, 7) is -0.845. The van der Waals surface area contributed by atoms with E-state index < -0.39 is 25.0 Å². The molecule has 0 atom stereocenters. The van der Waals surface area contributed by atoms with Gasteiger partial charge in [-0.1, -0.05) is 48.5 Å². The number of rotatable bonds is 9. The van der Waals surface area contributed by atoms with Gasteiger partial charge in [-0.05, 0) is 23.8 Å². The number of hydrogen-bond donors (Lipinski definition) is 1. The van der Waals surface area contributed by atoms with Crippen LogP contribution >= 0.6 is 0 Å². The number of nitrogens with one attached hydrogen (secondary N) is 1. The van der Waals surface area contributed by atoms with Crippen molar-refractivity contribution in [3.8, 4) is 22.8 Å². The average Bonchev–Trinajstić information content (AvgIpc) is 3.22. The molecule has 0 spiro atoms. The van der Waals surface area contributed by atoms with Crippen LogP contribution in [0.4, 0.5) is 0 Å². The molecule has 1 aromatic heterocycles. The first-order valence-corrected chi connectivity index (χ1v) is 11.3. The van der Waals surface area contributed by atoms with Gasteiger partial charge in [-0.3, -0.25) is 14.4 Å². The van der Waals surface area contributed by atoms with E-state index in [1.54, 1.807) is 6.07 Å². The minimum Gasteiger partial charge on any atom is -0.497 e. The summed E-state index contributed by atoms with van der Waals surface area (Å²) in [6, 6.07) is 21.8. The van der Waals surface area contributed by atoms with Gasteiger partial charge >= 0.3 is 5.97 Å². The van der Waals surface area contributed by atoms with Gasteiger partial charge in [0.15, 0.2) is 6.61 Å². The third kappa shape index (κ3) is 5.07. The smallest absolute Gasteiger partial charge is 0.325 e. The summed E-state index contributed by atoms with van der Waals surface area (Å²) in [5, 5.41) is 3.27. The maximum absolute atomic E-state index is 13.3. The van der Waals surface area contributed by atoms with Crippen molar-refractivity contribution in [1.29, 1.82) is 0 Å². The Labute approximate surface area is 208 Å². The first kappa shape index (κ1) is 24.5. The second-order valence-corrected chi connectivity index (χ2v) is 8.03. The Morgan fingerprint density at radius 1 is 0.861 bits per heavy atom. The Hall–Kier alpha value is -4.59. The number of carbonyl (C=O) groups is 3. The molecule has 0 radical (unpaired) electrons. The second kappa shape index (κ2) is 10.8. The molecule has 36 heavy (non-hydrogen) atoms. The standard InChI is InChI=1S/C28H26N2O6/c1-30-23-12-8-7-11-22(23)26(27(30)18-9-5-4-6-10-18)24(31)17-36-25(32)16-29-28(33)19-13-20(34-2)15-21(14-19)35-3/h4-15H,16-17H2,1-3H3,(H,29,33). The van der Waals surface area contributed by atoms with E-state index in [9.17, 15) is 14.4 Å². The molecule has 4 aromatic rings. The highest BCUT2D eigenvalue weighted by Gasteiger charge is 2.23. The molecule has 0 saturated carbocycles. The van der Waals surface area contributed by atoms with Crippen molar-refractivity contribution in [2.24, 2.45) is 7.05 Å². The molecule has 3 aromatic carbocycles. The molecule has 0 aliphatic rings. The van der Waals surface area contributed by atoms with Crippen LogP contribution in [0, 0.1) is 0 Å². The molecule has 1 amide bonds. The van der Waals surface area contributed by atoms with E-state index in [0.29, 0.717) is 17.1 Å². The summed E-state index contributed by atoms with van der Waals surface area (Å²) in [5.74, 6) is -0.680. The predicted molar refractivity (Wildman–Crippen MR) is 136 cm³/mol. The first-order valence-electron chi connectivity index (χ1n) is 11.3. The lowest BCUT2D eigenvalue weighted by atomic mass is 10.0. The summed E-state index contributed by atoms with van der Waals surface area (Å²) in [5.41, 5.74) is 3.27. The fourth-order valence-corrected chi connectivity index (χ4v) is 4.07. The van der Waals surface area contributed by atoms with Gasteiger partial charge < -0.3 is 24.1 Å². The Kier molecular flexibility index (Phi) is 7.34. The van der Waals surface area contributed by atoms with Crippen LogP contribution in [-0.2, 0) is 16.6 Å². The minimum atomic E-state index is -0.729. The number of benzene rings is 3. The van der Waals surface area contributed by atoms with Gasteiger partial charge in [0.05, 0.1) is 25.5 Å². The maximum Gasteiger partial charge on any atom is 0.325 e. The van der Waals surface area contributed by atoms with Gasteiger partial charge in [0, 0.05) is 29.6 Å². The largest absolute Gasteiger partial charge is 0.497 e. The number of aromatic nitrogens is 1. The molecule has 0 aliphatic heterocycles. The van der Waals surface area contributed by atoms with Crippen LogP contribution in [0.3, 0.4) is 0 Å². The Morgan fingerprint density at radius 2 is 1.50 bits per heavy atom. The lowest BCUT2D eigenvalue weighted by Crippen LogP contribution is -2.31. The monoisotopic (exact) mass is 486 g/mol. The predicted octanol–water partition coefficient (Wildman–Crippen LogP) is 4.02. The van der Waals surface area contributed by atoms with E-state index in [4.69, 9.17) is 14.2 Å². The van der Waals surface area contributed by atoms with Gasteiger partial charge in [-0.2, -0.15) is 0 Å².